The lowest BCUT2D eigenvalue weighted by Crippen LogP contribution is -2.55. The maximum Gasteiger partial charge on any atom is 0.173 e. The molecule has 0 saturated carbocycles. The maximum atomic E-state index is 11.2. The van der Waals surface area contributed by atoms with Crippen LogP contribution in [0.4, 0.5) is 0 Å². The van der Waals surface area contributed by atoms with E-state index in [-0.39, 0.29) is 5.41 Å². The predicted octanol–water partition coefficient (Wildman–Crippen LogP) is 2.11. The van der Waals surface area contributed by atoms with E-state index >= 15 is 0 Å². The summed E-state index contributed by atoms with van der Waals surface area (Å²) in [6.07, 6.45) is 4.81. The highest BCUT2D eigenvalue weighted by Crippen LogP contribution is 2.40. The monoisotopic (exact) mass is 271 g/mol. The van der Waals surface area contributed by atoms with Gasteiger partial charge in [0, 0.05) is 11.4 Å². The largest absolute Gasteiger partial charge is 0.550 e. The van der Waals surface area contributed by atoms with E-state index in [1.807, 2.05) is 6.92 Å². The van der Waals surface area contributed by atoms with Crippen molar-refractivity contribution < 1.29 is 19.4 Å². The highest BCUT2D eigenvalue weighted by Gasteiger charge is 2.45. The zero-order valence-electron chi connectivity index (χ0n) is 12.7. The fourth-order valence-corrected chi connectivity index (χ4v) is 2.71. The molecular weight excluding hydrogens is 244 g/mol. The normalized spacial score (nSPS) is 33.1. The van der Waals surface area contributed by atoms with Crippen molar-refractivity contribution >= 4 is 5.97 Å². The van der Waals surface area contributed by atoms with Crippen LogP contribution in [-0.2, 0) is 14.3 Å². The molecule has 1 rings (SSSR count). The Morgan fingerprint density at radius 2 is 1.84 bits per heavy atom. The molecule has 1 unspecified atom stereocenters. The van der Waals surface area contributed by atoms with Crippen LogP contribution in [0.15, 0.2) is 0 Å². The third-order valence-corrected chi connectivity index (χ3v) is 4.47. The highest BCUT2D eigenvalue weighted by molar-refractivity contribution is 5.68. The standard InChI is InChI=1S/C15H28O4/c1-5-8-9-15(7-3)10-18-14(4,19-11-15)12(6-2)13(16)17/h12H,5-11H2,1-4H3,(H,16,17)/p-1. The number of carbonyl (C=O) groups is 1. The molecule has 19 heavy (non-hydrogen) atoms. The molecule has 0 aliphatic carbocycles. The number of rotatable bonds is 7. The lowest BCUT2D eigenvalue weighted by atomic mass is 9.80. The molecule has 0 spiro atoms. The van der Waals surface area contributed by atoms with Gasteiger partial charge in [0.1, 0.15) is 0 Å². The van der Waals surface area contributed by atoms with Crippen molar-refractivity contribution in [1.29, 1.82) is 0 Å². The number of unbranched alkanes of at least 4 members (excludes halogenated alkanes) is 1. The lowest BCUT2D eigenvalue weighted by Gasteiger charge is -2.48. The number of ether oxygens (including phenoxy) is 2. The second-order valence-corrected chi connectivity index (χ2v) is 5.83. The summed E-state index contributed by atoms with van der Waals surface area (Å²) in [5.41, 5.74) is 0.0414. The molecule has 4 heteroatoms. The zero-order valence-corrected chi connectivity index (χ0v) is 12.7. The van der Waals surface area contributed by atoms with Crippen molar-refractivity contribution in [3.8, 4) is 0 Å². The minimum atomic E-state index is -1.09. The van der Waals surface area contributed by atoms with Crippen molar-refractivity contribution in [2.45, 2.75) is 65.6 Å². The van der Waals surface area contributed by atoms with Gasteiger partial charge in [0.25, 0.3) is 0 Å². The SMILES string of the molecule is CCCCC1(CC)COC(C)(C(CC)C(=O)[O-])OC1. The van der Waals surface area contributed by atoms with E-state index in [0.717, 1.165) is 25.7 Å². The van der Waals surface area contributed by atoms with Gasteiger partial charge in [-0.05, 0) is 26.2 Å². The Hall–Kier alpha value is -0.610. The summed E-state index contributed by atoms with van der Waals surface area (Å²) in [4.78, 5) is 11.2. The van der Waals surface area contributed by atoms with E-state index in [0.29, 0.717) is 19.6 Å². The molecule has 0 amide bonds. The Balaban J connectivity index is 2.70. The van der Waals surface area contributed by atoms with Gasteiger partial charge in [-0.2, -0.15) is 0 Å². The summed E-state index contributed by atoms with van der Waals surface area (Å²) in [6, 6.07) is 0. The topological polar surface area (TPSA) is 58.6 Å². The molecule has 1 aliphatic rings. The molecule has 1 heterocycles. The van der Waals surface area contributed by atoms with E-state index in [2.05, 4.69) is 13.8 Å². The third-order valence-electron chi connectivity index (χ3n) is 4.47. The van der Waals surface area contributed by atoms with Crippen LogP contribution in [0.25, 0.3) is 0 Å². The molecule has 1 saturated heterocycles. The Bertz CT molecular complexity index is 293. The van der Waals surface area contributed by atoms with Crippen LogP contribution in [0.2, 0.25) is 0 Å². The van der Waals surface area contributed by atoms with E-state index in [9.17, 15) is 9.90 Å². The smallest absolute Gasteiger partial charge is 0.173 e. The van der Waals surface area contributed by atoms with Crippen molar-refractivity contribution in [2.24, 2.45) is 11.3 Å². The molecule has 4 nitrogen and oxygen atoms in total. The number of hydrogen-bond donors (Lipinski definition) is 0. The fourth-order valence-electron chi connectivity index (χ4n) is 2.71. The summed E-state index contributed by atoms with van der Waals surface area (Å²) < 4.78 is 11.7. The Morgan fingerprint density at radius 3 is 2.21 bits per heavy atom. The first kappa shape index (κ1) is 16.4. The first-order valence-corrected chi connectivity index (χ1v) is 7.41. The van der Waals surface area contributed by atoms with Gasteiger partial charge < -0.3 is 19.4 Å². The molecule has 0 N–H and O–H groups in total. The highest BCUT2D eigenvalue weighted by atomic mass is 16.7. The minimum Gasteiger partial charge on any atom is -0.550 e. The van der Waals surface area contributed by atoms with Crippen LogP contribution >= 0.6 is 0 Å². The third kappa shape index (κ3) is 3.69. The van der Waals surface area contributed by atoms with Crippen LogP contribution < -0.4 is 5.11 Å². The Kier molecular flexibility index (Phi) is 5.81. The second kappa shape index (κ2) is 6.71. The first-order valence-electron chi connectivity index (χ1n) is 7.41. The minimum absolute atomic E-state index is 0.0414. The molecule has 0 aromatic heterocycles. The van der Waals surface area contributed by atoms with Crippen LogP contribution in [0.1, 0.15) is 59.8 Å². The number of carboxylic acids is 1. The number of hydrogen-bond acceptors (Lipinski definition) is 4. The van der Waals surface area contributed by atoms with E-state index in [1.54, 1.807) is 6.92 Å². The quantitative estimate of drug-likeness (QED) is 0.711. The van der Waals surface area contributed by atoms with E-state index in [1.165, 1.54) is 0 Å². The fraction of sp³-hybridized carbons (Fsp3) is 0.933. The van der Waals surface area contributed by atoms with Gasteiger partial charge in [-0.3, -0.25) is 0 Å². The van der Waals surface area contributed by atoms with Crippen LogP contribution in [0.3, 0.4) is 0 Å². The number of carbonyl (C=O) groups excluding carboxylic acids is 1. The predicted molar refractivity (Wildman–Crippen MR) is 71.3 cm³/mol. The van der Waals surface area contributed by atoms with Gasteiger partial charge in [-0.1, -0.05) is 33.6 Å². The maximum absolute atomic E-state index is 11.2. The summed E-state index contributed by atoms with van der Waals surface area (Å²) in [7, 11) is 0. The molecule has 1 atom stereocenters. The lowest BCUT2D eigenvalue weighted by molar-refractivity contribution is -0.353. The summed E-state index contributed by atoms with van der Waals surface area (Å²) in [5.74, 6) is -2.85. The second-order valence-electron chi connectivity index (χ2n) is 5.83. The molecule has 0 bridgehead atoms. The zero-order chi connectivity index (χ0) is 14.5. The van der Waals surface area contributed by atoms with Gasteiger partial charge in [-0.15, -0.1) is 0 Å². The Morgan fingerprint density at radius 1 is 1.26 bits per heavy atom. The van der Waals surface area contributed by atoms with E-state index < -0.39 is 17.7 Å². The Labute approximate surface area is 116 Å². The molecule has 0 aromatic carbocycles. The van der Waals surface area contributed by atoms with Gasteiger partial charge in [-0.25, -0.2) is 0 Å². The van der Waals surface area contributed by atoms with Crippen LogP contribution in [0.5, 0.6) is 0 Å². The van der Waals surface area contributed by atoms with E-state index in [4.69, 9.17) is 9.47 Å². The molecular formula is C15H27O4-. The number of aliphatic carboxylic acids is 1. The van der Waals surface area contributed by atoms with Gasteiger partial charge >= 0.3 is 0 Å². The first-order chi connectivity index (χ1) is 8.93. The molecule has 0 aromatic rings. The number of carboxylic acid groups (broad SMARTS) is 1. The summed E-state index contributed by atoms with van der Waals surface area (Å²) >= 11 is 0. The van der Waals surface area contributed by atoms with Gasteiger partial charge in [0.2, 0.25) is 0 Å². The van der Waals surface area contributed by atoms with Gasteiger partial charge in [0.15, 0.2) is 5.79 Å². The van der Waals surface area contributed by atoms with Gasteiger partial charge in [0.05, 0.1) is 19.1 Å². The van der Waals surface area contributed by atoms with Crippen molar-refractivity contribution in [3.63, 3.8) is 0 Å². The summed E-state index contributed by atoms with van der Waals surface area (Å²) in [5, 5.41) is 11.2. The van der Waals surface area contributed by atoms with Crippen molar-refractivity contribution in [1.82, 2.24) is 0 Å². The molecule has 1 aliphatic heterocycles. The average molecular weight is 271 g/mol. The molecule has 112 valence electrons. The van der Waals surface area contributed by atoms with Crippen molar-refractivity contribution in [2.75, 3.05) is 13.2 Å². The molecule has 1 fully saturated rings. The molecule has 0 radical (unpaired) electrons. The van der Waals surface area contributed by atoms with Crippen LogP contribution in [0, 0.1) is 11.3 Å². The van der Waals surface area contributed by atoms with Crippen molar-refractivity contribution in [3.05, 3.63) is 0 Å². The summed E-state index contributed by atoms with van der Waals surface area (Å²) in [6.45, 7) is 8.99. The average Bonchev–Trinajstić information content (AvgIpc) is 2.39. The van der Waals surface area contributed by atoms with Crippen LogP contribution in [-0.4, -0.2) is 25.0 Å².